The SMILES string of the molecule is CCCCn1nc(C(=O)N2CCCC(C(N)=O)C2)ccc1=O. The van der Waals surface area contributed by atoms with E-state index < -0.39 is 0 Å². The van der Waals surface area contributed by atoms with Crippen molar-refractivity contribution >= 4 is 11.8 Å². The number of piperidine rings is 1. The van der Waals surface area contributed by atoms with Crippen LogP contribution < -0.4 is 11.3 Å². The molecule has 7 nitrogen and oxygen atoms in total. The summed E-state index contributed by atoms with van der Waals surface area (Å²) in [6, 6.07) is 2.81. The molecule has 1 aromatic heterocycles. The maximum atomic E-state index is 12.5. The smallest absolute Gasteiger partial charge is 0.274 e. The molecule has 0 saturated carbocycles. The molecule has 2 heterocycles. The number of primary amides is 1. The molecular formula is C15H22N4O3. The van der Waals surface area contributed by atoms with Gasteiger partial charge < -0.3 is 10.6 Å². The van der Waals surface area contributed by atoms with Crippen LogP contribution in [0.25, 0.3) is 0 Å². The van der Waals surface area contributed by atoms with Crippen LogP contribution >= 0.6 is 0 Å². The van der Waals surface area contributed by atoms with E-state index in [1.54, 1.807) is 4.90 Å². The van der Waals surface area contributed by atoms with Crippen molar-refractivity contribution in [3.63, 3.8) is 0 Å². The molecule has 1 aliphatic rings. The number of nitrogens with zero attached hydrogens (tertiary/aromatic N) is 3. The van der Waals surface area contributed by atoms with Crippen LogP contribution in [-0.2, 0) is 11.3 Å². The van der Waals surface area contributed by atoms with Crippen LogP contribution in [0.15, 0.2) is 16.9 Å². The molecule has 0 radical (unpaired) electrons. The Morgan fingerprint density at radius 2 is 2.18 bits per heavy atom. The van der Waals surface area contributed by atoms with Gasteiger partial charge >= 0.3 is 0 Å². The molecule has 1 aliphatic heterocycles. The Balaban J connectivity index is 2.15. The van der Waals surface area contributed by atoms with Gasteiger partial charge in [0.05, 0.1) is 5.92 Å². The Morgan fingerprint density at radius 1 is 1.41 bits per heavy atom. The van der Waals surface area contributed by atoms with E-state index >= 15 is 0 Å². The second kappa shape index (κ2) is 7.20. The van der Waals surface area contributed by atoms with Gasteiger partial charge in [0.15, 0.2) is 0 Å². The first-order valence-corrected chi connectivity index (χ1v) is 7.69. The van der Waals surface area contributed by atoms with E-state index in [4.69, 9.17) is 5.73 Å². The van der Waals surface area contributed by atoms with Crippen LogP contribution in [0.1, 0.15) is 43.1 Å². The minimum Gasteiger partial charge on any atom is -0.369 e. The van der Waals surface area contributed by atoms with Gasteiger partial charge in [0.25, 0.3) is 11.5 Å². The van der Waals surface area contributed by atoms with Crippen molar-refractivity contribution < 1.29 is 9.59 Å². The zero-order valence-electron chi connectivity index (χ0n) is 12.8. The summed E-state index contributed by atoms with van der Waals surface area (Å²) in [6.07, 6.45) is 3.23. The summed E-state index contributed by atoms with van der Waals surface area (Å²) in [7, 11) is 0. The highest BCUT2D eigenvalue weighted by Gasteiger charge is 2.28. The molecule has 1 fully saturated rings. The van der Waals surface area contributed by atoms with Gasteiger partial charge in [-0.1, -0.05) is 13.3 Å². The fraction of sp³-hybridized carbons (Fsp3) is 0.600. The number of hydrogen-bond acceptors (Lipinski definition) is 4. The third-order valence-electron chi connectivity index (χ3n) is 3.92. The van der Waals surface area contributed by atoms with Gasteiger partial charge in [-0.2, -0.15) is 5.10 Å². The van der Waals surface area contributed by atoms with Crippen molar-refractivity contribution in [2.75, 3.05) is 13.1 Å². The summed E-state index contributed by atoms with van der Waals surface area (Å²) in [6.45, 7) is 3.43. The second-order valence-electron chi connectivity index (χ2n) is 5.63. The van der Waals surface area contributed by atoms with Crippen molar-refractivity contribution in [1.29, 1.82) is 0 Å². The largest absolute Gasteiger partial charge is 0.369 e. The third kappa shape index (κ3) is 3.72. The number of likely N-dealkylation sites (tertiary alicyclic amines) is 1. The zero-order chi connectivity index (χ0) is 16.1. The van der Waals surface area contributed by atoms with Crippen molar-refractivity contribution in [1.82, 2.24) is 14.7 Å². The number of nitrogens with two attached hydrogens (primary N) is 1. The molecule has 2 amide bonds. The average Bonchev–Trinajstić information content (AvgIpc) is 2.53. The van der Waals surface area contributed by atoms with E-state index in [-0.39, 0.29) is 29.0 Å². The first-order valence-electron chi connectivity index (χ1n) is 7.69. The summed E-state index contributed by atoms with van der Waals surface area (Å²) < 4.78 is 1.33. The topological polar surface area (TPSA) is 98.3 Å². The zero-order valence-corrected chi connectivity index (χ0v) is 12.8. The highest BCUT2D eigenvalue weighted by Crippen LogP contribution is 2.17. The third-order valence-corrected chi connectivity index (χ3v) is 3.92. The van der Waals surface area contributed by atoms with Crippen LogP contribution in [-0.4, -0.2) is 39.6 Å². The molecular weight excluding hydrogens is 284 g/mol. The maximum absolute atomic E-state index is 12.5. The molecule has 1 atom stereocenters. The maximum Gasteiger partial charge on any atom is 0.274 e. The minimum atomic E-state index is -0.377. The van der Waals surface area contributed by atoms with Crippen LogP contribution in [0.5, 0.6) is 0 Å². The lowest BCUT2D eigenvalue weighted by Crippen LogP contribution is -2.44. The summed E-state index contributed by atoms with van der Waals surface area (Å²) >= 11 is 0. The van der Waals surface area contributed by atoms with E-state index in [2.05, 4.69) is 5.10 Å². The quantitative estimate of drug-likeness (QED) is 0.850. The van der Waals surface area contributed by atoms with Crippen molar-refractivity contribution in [2.24, 2.45) is 11.7 Å². The molecule has 0 aliphatic carbocycles. The summed E-state index contributed by atoms with van der Waals surface area (Å²) in [5.74, 6) is -0.932. The molecule has 1 unspecified atom stereocenters. The van der Waals surface area contributed by atoms with Gasteiger partial charge in [0, 0.05) is 25.7 Å². The van der Waals surface area contributed by atoms with Gasteiger partial charge in [0.2, 0.25) is 5.91 Å². The lowest BCUT2D eigenvalue weighted by molar-refractivity contribution is -0.123. The Morgan fingerprint density at radius 3 is 2.86 bits per heavy atom. The number of hydrogen-bond donors (Lipinski definition) is 1. The summed E-state index contributed by atoms with van der Waals surface area (Å²) in [5.41, 5.74) is 5.36. The predicted octanol–water partition coefficient (Wildman–Crippen LogP) is 0.381. The van der Waals surface area contributed by atoms with Crippen molar-refractivity contribution in [3.05, 3.63) is 28.2 Å². The molecule has 0 aromatic carbocycles. The van der Waals surface area contributed by atoms with E-state index in [1.807, 2.05) is 6.92 Å². The van der Waals surface area contributed by atoms with Crippen molar-refractivity contribution in [3.8, 4) is 0 Å². The molecule has 2 N–H and O–H groups in total. The van der Waals surface area contributed by atoms with Crippen LogP contribution in [0.3, 0.4) is 0 Å². The standard InChI is InChI=1S/C15H22N4O3/c1-2-3-9-19-13(20)7-6-12(17-19)15(22)18-8-4-5-11(10-18)14(16)21/h6-7,11H,2-5,8-10H2,1H3,(H2,16,21). The number of carbonyl (C=O) groups is 2. The van der Waals surface area contributed by atoms with Crippen molar-refractivity contribution in [2.45, 2.75) is 39.2 Å². The molecule has 22 heavy (non-hydrogen) atoms. The van der Waals surface area contributed by atoms with Gasteiger partial charge in [-0.25, -0.2) is 4.68 Å². The van der Waals surface area contributed by atoms with Crippen LogP contribution in [0, 0.1) is 5.92 Å². The van der Waals surface area contributed by atoms with E-state index in [0.29, 0.717) is 26.1 Å². The molecule has 0 spiro atoms. The number of carbonyl (C=O) groups excluding carboxylic acids is 2. The molecule has 7 heteroatoms. The van der Waals surface area contributed by atoms with Gasteiger partial charge in [-0.3, -0.25) is 14.4 Å². The second-order valence-corrected chi connectivity index (χ2v) is 5.63. The lowest BCUT2D eigenvalue weighted by atomic mass is 9.97. The van der Waals surface area contributed by atoms with E-state index in [9.17, 15) is 14.4 Å². The number of rotatable bonds is 5. The normalized spacial score (nSPS) is 18.2. The highest BCUT2D eigenvalue weighted by atomic mass is 16.2. The first kappa shape index (κ1) is 16.2. The molecule has 1 saturated heterocycles. The molecule has 0 bridgehead atoms. The number of amides is 2. The minimum absolute atomic E-state index is 0.210. The summed E-state index contributed by atoms with van der Waals surface area (Å²) in [4.78, 5) is 37.1. The number of aromatic nitrogens is 2. The van der Waals surface area contributed by atoms with Crippen LogP contribution in [0.2, 0.25) is 0 Å². The Kier molecular flexibility index (Phi) is 5.30. The van der Waals surface area contributed by atoms with Gasteiger partial charge in [0.1, 0.15) is 5.69 Å². The number of aryl methyl sites for hydroxylation is 1. The molecule has 120 valence electrons. The Labute approximate surface area is 129 Å². The van der Waals surface area contributed by atoms with Gasteiger partial charge in [-0.05, 0) is 25.3 Å². The Bertz CT molecular complexity index is 611. The fourth-order valence-corrected chi connectivity index (χ4v) is 2.59. The predicted molar refractivity (Wildman–Crippen MR) is 81.2 cm³/mol. The van der Waals surface area contributed by atoms with E-state index in [1.165, 1.54) is 16.8 Å². The lowest BCUT2D eigenvalue weighted by Gasteiger charge is -2.30. The fourth-order valence-electron chi connectivity index (χ4n) is 2.59. The van der Waals surface area contributed by atoms with Gasteiger partial charge in [-0.15, -0.1) is 0 Å². The first-order chi connectivity index (χ1) is 10.5. The van der Waals surface area contributed by atoms with Crippen LogP contribution in [0.4, 0.5) is 0 Å². The Hall–Kier alpha value is -2.18. The molecule has 1 aromatic rings. The molecule has 2 rings (SSSR count). The average molecular weight is 306 g/mol. The summed E-state index contributed by atoms with van der Waals surface area (Å²) in [5, 5.41) is 4.15. The highest BCUT2D eigenvalue weighted by molar-refractivity contribution is 5.92. The monoisotopic (exact) mass is 306 g/mol. The van der Waals surface area contributed by atoms with E-state index in [0.717, 1.165) is 19.3 Å². The number of unbranched alkanes of at least 4 members (excludes halogenated alkanes) is 1.